The third kappa shape index (κ3) is 3.25. The molecule has 20 heavy (non-hydrogen) atoms. The van der Waals surface area contributed by atoms with Gasteiger partial charge in [0, 0.05) is 30.9 Å². The number of aromatic nitrogens is 2. The van der Waals surface area contributed by atoms with E-state index in [-0.39, 0.29) is 0 Å². The fraction of sp³-hybridized carbons (Fsp3) is 0.824. The van der Waals surface area contributed by atoms with Crippen molar-refractivity contribution in [1.29, 1.82) is 0 Å². The molecule has 1 fully saturated rings. The zero-order chi connectivity index (χ0) is 14.9. The Morgan fingerprint density at radius 1 is 1.30 bits per heavy atom. The molecule has 1 aromatic heterocycles. The molecule has 0 amide bonds. The van der Waals surface area contributed by atoms with E-state index in [2.05, 4.69) is 45.0 Å². The van der Waals surface area contributed by atoms with Crippen molar-refractivity contribution in [2.24, 2.45) is 24.8 Å². The Morgan fingerprint density at radius 3 is 2.55 bits per heavy atom. The van der Waals surface area contributed by atoms with Gasteiger partial charge < -0.3 is 5.32 Å². The van der Waals surface area contributed by atoms with Gasteiger partial charge >= 0.3 is 0 Å². The minimum Gasteiger partial charge on any atom is -0.309 e. The lowest BCUT2D eigenvalue weighted by Gasteiger charge is -2.38. The fourth-order valence-corrected chi connectivity index (χ4v) is 3.74. The van der Waals surface area contributed by atoms with Crippen LogP contribution in [0, 0.1) is 31.6 Å². The monoisotopic (exact) mass is 277 g/mol. The second kappa shape index (κ2) is 6.30. The lowest BCUT2D eigenvalue weighted by Crippen LogP contribution is -2.42. The highest BCUT2D eigenvalue weighted by Crippen LogP contribution is 2.33. The topological polar surface area (TPSA) is 29.9 Å². The van der Waals surface area contributed by atoms with Crippen molar-refractivity contribution in [1.82, 2.24) is 15.1 Å². The molecule has 0 radical (unpaired) electrons. The molecule has 0 saturated heterocycles. The molecular weight excluding hydrogens is 246 g/mol. The van der Waals surface area contributed by atoms with Gasteiger partial charge in [0.1, 0.15) is 0 Å². The van der Waals surface area contributed by atoms with Gasteiger partial charge in [0.25, 0.3) is 0 Å². The SMILES string of the molecule is Cc1nn(C)c(C)c1CNC1CC(C)CCC1C(C)C. The maximum atomic E-state index is 4.52. The highest BCUT2D eigenvalue weighted by Gasteiger charge is 2.30. The predicted molar refractivity (Wildman–Crippen MR) is 84.7 cm³/mol. The van der Waals surface area contributed by atoms with Crippen LogP contribution in [0.2, 0.25) is 0 Å². The van der Waals surface area contributed by atoms with Crippen LogP contribution in [-0.2, 0) is 13.6 Å². The predicted octanol–water partition coefficient (Wildman–Crippen LogP) is 3.59. The number of aryl methyl sites for hydroxylation is 2. The third-order valence-electron chi connectivity index (χ3n) is 5.22. The van der Waals surface area contributed by atoms with Gasteiger partial charge in [-0.2, -0.15) is 5.10 Å². The Bertz CT molecular complexity index is 447. The number of hydrogen-bond acceptors (Lipinski definition) is 2. The highest BCUT2D eigenvalue weighted by molar-refractivity contribution is 5.24. The average Bonchev–Trinajstić information content (AvgIpc) is 2.61. The Kier molecular flexibility index (Phi) is 4.90. The second-order valence-corrected chi connectivity index (χ2v) is 7.09. The van der Waals surface area contributed by atoms with Crippen LogP contribution in [-0.4, -0.2) is 15.8 Å². The molecular formula is C17H31N3. The van der Waals surface area contributed by atoms with Gasteiger partial charge in [-0.15, -0.1) is 0 Å². The third-order valence-corrected chi connectivity index (χ3v) is 5.22. The zero-order valence-electron chi connectivity index (χ0n) is 14.0. The van der Waals surface area contributed by atoms with E-state index < -0.39 is 0 Å². The number of nitrogens with zero attached hydrogens (tertiary/aromatic N) is 2. The van der Waals surface area contributed by atoms with Gasteiger partial charge in [0.05, 0.1) is 5.69 Å². The molecule has 3 atom stereocenters. The van der Waals surface area contributed by atoms with E-state index in [1.807, 2.05) is 11.7 Å². The Morgan fingerprint density at radius 2 is 2.00 bits per heavy atom. The van der Waals surface area contributed by atoms with Crippen LogP contribution in [0.15, 0.2) is 0 Å². The molecule has 1 aliphatic rings. The van der Waals surface area contributed by atoms with Crippen LogP contribution in [0.5, 0.6) is 0 Å². The summed E-state index contributed by atoms with van der Waals surface area (Å²) in [6, 6.07) is 0.665. The molecule has 1 saturated carbocycles. The molecule has 1 aliphatic carbocycles. The van der Waals surface area contributed by atoms with Gasteiger partial charge in [-0.3, -0.25) is 4.68 Å². The van der Waals surface area contributed by atoms with Gasteiger partial charge in [0.15, 0.2) is 0 Å². The Balaban J connectivity index is 2.03. The molecule has 1 N–H and O–H groups in total. The summed E-state index contributed by atoms with van der Waals surface area (Å²) >= 11 is 0. The molecule has 1 aromatic rings. The quantitative estimate of drug-likeness (QED) is 0.911. The summed E-state index contributed by atoms with van der Waals surface area (Å²) in [5, 5.41) is 8.36. The standard InChI is InChI=1S/C17H31N3/c1-11(2)15-8-7-12(3)9-17(15)18-10-16-13(4)19-20(6)14(16)5/h11-12,15,17-18H,7-10H2,1-6H3. The summed E-state index contributed by atoms with van der Waals surface area (Å²) in [5.41, 5.74) is 3.84. The number of hydrogen-bond donors (Lipinski definition) is 1. The number of nitrogens with one attached hydrogen (secondary N) is 1. The first-order valence-corrected chi connectivity index (χ1v) is 8.12. The van der Waals surface area contributed by atoms with Crippen molar-refractivity contribution in [2.75, 3.05) is 0 Å². The van der Waals surface area contributed by atoms with Gasteiger partial charge in [-0.05, 0) is 44.4 Å². The van der Waals surface area contributed by atoms with E-state index in [4.69, 9.17) is 0 Å². The van der Waals surface area contributed by atoms with Gasteiger partial charge in [-0.25, -0.2) is 0 Å². The molecule has 0 aromatic carbocycles. The summed E-state index contributed by atoms with van der Waals surface area (Å²) in [5.74, 6) is 2.46. The van der Waals surface area contributed by atoms with Gasteiger partial charge in [0.2, 0.25) is 0 Å². The van der Waals surface area contributed by atoms with Crippen molar-refractivity contribution < 1.29 is 0 Å². The van der Waals surface area contributed by atoms with Crippen molar-refractivity contribution in [3.05, 3.63) is 17.0 Å². The molecule has 3 heteroatoms. The summed E-state index contributed by atoms with van der Waals surface area (Å²) in [7, 11) is 2.03. The molecule has 1 heterocycles. The van der Waals surface area contributed by atoms with Crippen molar-refractivity contribution in [3.63, 3.8) is 0 Å². The van der Waals surface area contributed by atoms with Gasteiger partial charge in [-0.1, -0.05) is 27.2 Å². The Labute approximate surface area is 124 Å². The zero-order valence-corrected chi connectivity index (χ0v) is 14.0. The fourth-order valence-electron chi connectivity index (χ4n) is 3.74. The summed E-state index contributed by atoms with van der Waals surface area (Å²) in [4.78, 5) is 0. The van der Waals surface area contributed by atoms with Crippen LogP contribution in [0.25, 0.3) is 0 Å². The molecule has 2 rings (SSSR count). The van der Waals surface area contributed by atoms with Crippen LogP contribution in [0.4, 0.5) is 0 Å². The van der Waals surface area contributed by atoms with E-state index in [1.165, 1.54) is 36.2 Å². The first-order chi connectivity index (χ1) is 9.40. The Hall–Kier alpha value is -0.830. The van der Waals surface area contributed by atoms with E-state index >= 15 is 0 Å². The van der Waals surface area contributed by atoms with E-state index in [0.717, 1.165) is 24.3 Å². The normalized spacial score (nSPS) is 27.2. The van der Waals surface area contributed by atoms with E-state index in [9.17, 15) is 0 Å². The van der Waals surface area contributed by atoms with Crippen LogP contribution in [0.3, 0.4) is 0 Å². The molecule has 0 spiro atoms. The summed E-state index contributed by atoms with van der Waals surface area (Å²) in [6.07, 6.45) is 4.09. The van der Waals surface area contributed by atoms with Crippen molar-refractivity contribution >= 4 is 0 Å². The van der Waals surface area contributed by atoms with Crippen LogP contribution in [0.1, 0.15) is 57.0 Å². The lowest BCUT2D eigenvalue weighted by molar-refractivity contribution is 0.169. The highest BCUT2D eigenvalue weighted by atomic mass is 15.3. The molecule has 3 unspecified atom stereocenters. The van der Waals surface area contributed by atoms with Crippen LogP contribution >= 0.6 is 0 Å². The maximum absolute atomic E-state index is 4.52. The summed E-state index contributed by atoms with van der Waals surface area (Å²) in [6.45, 7) is 12.4. The first kappa shape index (κ1) is 15.6. The second-order valence-electron chi connectivity index (χ2n) is 7.09. The summed E-state index contributed by atoms with van der Waals surface area (Å²) < 4.78 is 2.00. The smallest absolute Gasteiger partial charge is 0.0641 e. The van der Waals surface area contributed by atoms with Crippen LogP contribution < -0.4 is 5.32 Å². The lowest BCUT2D eigenvalue weighted by atomic mass is 9.74. The molecule has 3 nitrogen and oxygen atoms in total. The molecule has 0 bridgehead atoms. The average molecular weight is 277 g/mol. The van der Waals surface area contributed by atoms with Crippen molar-refractivity contribution in [2.45, 2.75) is 66.5 Å². The van der Waals surface area contributed by atoms with E-state index in [1.54, 1.807) is 0 Å². The largest absolute Gasteiger partial charge is 0.309 e. The minimum absolute atomic E-state index is 0.665. The molecule has 114 valence electrons. The maximum Gasteiger partial charge on any atom is 0.0641 e. The van der Waals surface area contributed by atoms with E-state index in [0.29, 0.717) is 6.04 Å². The minimum atomic E-state index is 0.665. The first-order valence-electron chi connectivity index (χ1n) is 8.12. The molecule has 0 aliphatic heterocycles. The van der Waals surface area contributed by atoms with Crippen molar-refractivity contribution in [3.8, 4) is 0 Å². The number of rotatable bonds is 4.